The average molecular weight is 206 g/mol. The second kappa shape index (κ2) is 6.06. The maximum absolute atomic E-state index is 5.45. The van der Waals surface area contributed by atoms with Crippen molar-refractivity contribution in [2.75, 3.05) is 18.5 Å². The highest BCUT2D eigenvalue weighted by Gasteiger charge is 2.01. The molecule has 0 bridgehead atoms. The fourth-order valence-electron chi connectivity index (χ4n) is 1.15. The number of nitrogens with zero attached hydrogens (tertiary/aromatic N) is 1. The van der Waals surface area contributed by atoms with E-state index in [4.69, 9.17) is 4.74 Å². The van der Waals surface area contributed by atoms with Gasteiger partial charge < -0.3 is 10.1 Å². The highest BCUT2D eigenvalue weighted by molar-refractivity contribution is 5.49. The van der Waals surface area contributed by atoms with Crippen molar-refractivity contribution in [3.8, 4) is 5.75 Å². The van der Waals surface area contributed by atoms with Crippen LogP contribution in [0.1, 0.15) is 20.8 Å². The Morgan fingerprint density at radius 2 is 2.33 bits per heavy atom. The summed E-state index contributed by atoms with van der Waals surface area (Å²) >= 11 is 0. The van der Waals surface area contributed by atoms with Gasteiger partial charge in [-0.25, -0.2) is 4.98 Å². The third-order valence-corrected chi connectivity index (χ3v) is 1.85. The van der Waals surface area contributed by atoms with Crippen molar-refractivity contribution in [1.82, 2.24) is 4.98 Å². The van der Waals surface area contributed by atoms with Gasteiger partial charge in [0.15, 0.2) is 11.6 Å². The van der Waals surface area contributed by atoms with E-state index in [0.717, 1.165) is 18.1 Å². The highest BCUT2D eigenvalue weighted by Crippen LogP contribution is 2.20. The minimum absolute atomic E-state index is 0.656. The van der Waals surface area contributed by atoms with Gasteiger partial charge in [-0.3, -0.25) is 0 Å². The van der Waals surface area contributed by atoms with Crippen LogP contribution in [0.4, 0.5) is 5.82 Å². The summed E-state index contributed by atoms with van der Waals surface area (Å²) in [7, 11) is 0. The normalized spacial score (nSPS) is 9.53. The molecule has 0 aromatic carbocycles. The van der Waals surface area contributed by atoms with Crippen LogP contribution >= 0.6 is 0 Å². The summed E-state index contributed by atoms with van der Waals surface area (Å²) in [6.07, 6.45) is 3.87. The Balaban J connectivity index is 2.63. The number of anilines is 1. The molecule has 1 N–H and O–H groups in total. The van der Waals surface area contributed by atoms with E-state index in [0.29, 0.717) is 6.61 Å². The van der Waals surface area contributed by atoms with E-state index >= 15 is 0 Å². The van der Waals surface area contributed by atoms with Crippen LogP contribution in [-0.2, 0) is 0 Å². The Kier molecular flexibility index (Phi) is 4.68. The van der Waals surface area contributed by atoms with Crippen LogP contribution in [0, 0.1) is 0 Å². The zero-order valence-corrected chi connectivity index (χ0v) is 9.58. The lowest BCUT2D eigenvalue weighted by molar-refractivity contribution is 0.340. The number of pyridine rings is 1. The van der Waals surface area contributed by atoms with Gasteiger partial charge in [0, 0.05) is 12.7 Å². The van der Waals surface area contributed by atoms with Crippen molar-refractivity contribution in [3.05, 3.63) is 30.0 Å². The molecule has 0 unspecified atom stereocenters. The van der Waals surface area contributed by atoms with Gasteiger partial charge in [-0.1, -0.05) is 11.6 Å². The quantitative estimate of drug-likeness (QED) is 0.752. The average Bonchev–Trinajstić information content (AvgIpc) is 2.20. The van der Waals surface area contributed by atoms with Crippen LogP contribution in [0.5, 0.6) is 5.75 Å². The van der Waals surface area contributed by atoms with Gasteiger partial charge in [0.25, 0.3) is 0 Å². The van der Waals surface area contributed by atoms with E-state index in [1.54, 1.807) is 6.20 Å². The molecular weight excluding hydrogens is 188 g/mol. The predicted molar refractivity (Wildman–Crippen MR) is 63.3 cm³/mol. The van der Waals surface area contributed by atoms with Crippen molar-refractivity contribution in [2.24, 2.45) is 0 Å². The lowest BCUT2D eigenvalue weighted by atomic mass is 10.3. The highest BCUT2D eigenvalue weighted by atomic mass is 16.5. The van der Waals surface area contributed by atoms with Crippen molar-refractivity contribution < 1.29 is 4.74 Å². The molecule has 0 radical (unpaired) electrons. The van der Waals surface area contributed by atoms with Crippen LogP contribution in [0.2, 0.25) is 0 Å². The van der Waals surface area contributed by atoms with Crippen LogP contribution in [0.3, 0.4) is 0 Å². The van der Waals surface area contributed by atoms with E-state index in [-0.39, 0.29) is 0 Å². The number of aromatic nitrogens is 1. The molecule has 0 saturated heterocycles. The van der Waals surface area contributed by atoms with Gasteiger partial charge in [0.05, 0.1) is 6.61 Å². The second-order valence-electron chi connectivity index (χ2n) is 3.45. The lowest BCUT2D eigenvalue weighted by Crippen LogP contribution is -2.04. The van der Waals surface area contributed by atoms with E-state index in [1.165, 1.54) is 5.57 Å². The number of rotatable bonds is 5. The molecule has 1 aromatic heterocycles. The molecule has 0 aliphatic heterocycles. The number of allylic oxidation sites excluding steroid dienone is 1. The zero-order valence-electron chi connectivity index (χ0n) is 9.58. The number of nitrogens with one attached hydrogen (secondary N) is 1. The molecule has 0 aliphatic carbocycles. The molecule has 0 saturated carbocycles. The third kappa shape index (κ3) is 4.02. The first-order chi connectivity index (χ1) is 7.24. The van der Waals surface area contributed by atoms with Crippen molar-refractivity contribution >= 4 is 5.82 Å². The Bertz CT molecular complexity index is 330. The van der Waals surface area contributed by atoms with Gasteiger partial charge in [0.1, 0.15) is 0 Å². The third-order valence-electron chi connectivity index (χ3n) is 1.85. The van der Waals surface area contributed by atoms with Crippen molar-refractivity contribution in [2.45, 2.75) is 20.8 Å². The Morgan fingerprint density at radius 1 is 1.53 bits per heavy atom. The van der Waals surface area contributed by atoms with Crippen LogP contribution in [0.25, 0.3) is 0 Å². The molecule has 1 rings (SSSR count). The first-order valence-corrected chi connectivity index (χ1v) is 5.19. The fraction of sp³-hybridized carbons (Fsp3) is 0.417. The molecule has 0 fully saturated rings. The molecule has 0 spiro atoms. The summed E-state index contributed by atoms with van der Waals surface area (Å²) in [6.45, 7) is 7.54. The summed E-state index contributed by atoms with van der Waals surface area (Å²) in [4.78, 5) is 4.23. The molecular formula is C12H18N2O. The zero-order chi connectivity index (χ0) is 11.1. The first kappa shape index (κ1) is 11.6. The summed E-state index contributed by atoms with van der Waals surface area (Å²) in [6, 6.07) is 3.79. The Labute approximate surface area is 91.2 Å². The molecule has 0 aliphatic rings. The largest absolute Gasteiger partial charge is 0.490 e. The van der Waals surface area contributed by atoms with Gasteiger partial charge in [0.2, 0.25) is 0 Å². The molecule has 3 nitrogen and oxygen atoms in total. The number of ether oxygens (including phenoxy) is 1. The maximum atomic E-state index is 5.45. The summed E-state index contributed by atoms with van der Waals surface area (Å²) in [5, 5.41) is 3.22. The van der Waals surface area contributed by atoms with Crippen LogP contribution < -0.4 is 10.1 Å². The van der Waals surface area contributed by atoms with Gasteiger partial charge in [-0.2, -0.15) is 0 Å². The van der Waals surface area contributed by atoms with Crippen LogP contribution in [0.15, 0.2) is 30.0 Å². The molecule has 82 valence electrons. The molecule has 0 amide bonds. The number of hydrogen-bond acceptors (Lipinski definition) is 3. The summed E-state index contributed by atoms with van der Waals surface area (Å²) in [5.41, 5.74) is 1.29. The van der Waals surface area contributed by atoms with Crippen LogP contribution in [-0.4, -0.2) is 18.1 Å². The topological polar surface area (TPSA) is 34.1 Å². The van der Waals surface area contributed by atoms with Crippen molar-refractivity contribution in [1.29, 1.82) is 0 Å². The van der Waals surface area contributed by atoms with Gasteiger partial charge >= 0.3 is 0 Å². The van der Waals surface area contributed by atoms with Crippen molar-refractivity contribution in [3.63, 3.8) is 0 Å². The summed E-state index contributed by atoms with van der Waals surface area (Å²) < 4.78 is 5.45. The first-order valence-electron chi connectivity index (χ1n) is 5.19. The summed E-state index contributed by atoms with van der Waals surface area (Å²) in [5.74, 6) is 1.61. The fourth-order valence-corrected chi connectivity index (χ4v) is 1.15. The lowest BCUT2D eigenvalue weighted by Gasteiger charge is -2.09. The van der Waals surface area contributed by atoms with Gasteiger partial charge in [-0.05, 0) is 32.9 Å². The SMILES string of the molecule is CCOc1cccnc1NCC=C(C)C. The minimum Gasteiger partial charge on any atom is -0.490 e. The second-order valence-corrected chi connectivity index (χ2v) is 3.45. The molecule has 15 heavy (non-hydrogen) atoms. The van der Waals surface area contributed by atoms with E-state index in [9.17, 15) is 0 Å². The smallest absolute Gasteiger partial charge is 0.168 e. The molecule has 0 atom stereocenters. The Hall–Kier alpha value is -1.51. The minimum atomic E-state index is 0.656. The van der Waals surface area contributed by atoms with E-state index in [2.05, 4.69) is 30.2 Å². The predicted octanol–water partition coefficient (Wildman–Crippen LogP) is 2.86. The van der Waals surface area contributed by atoms with Gasteiger partial charge in [-0.15, -0.1) is 0 Å². The standard InChI is InChI=1S/C12H18N2O/c1-4-15-11-6-5-8-13-12(11)14-9-7-10(2)3/h5-8H,4,9H2,1-3H3,(H,13,14). The Morgan fingerprint density at radius 3 is 3.00 bits per heavy atom. The monoisotopic (exact) mass is 206 g/mol. The number of hydrogen-bond donors (Lipinski definition) is 1. The van der Waals surface area contributed by atoms with E-state index in [1.807, 2.05) is 19.1 Å². The molecule has 1 aromatic rings. The molecule has 1 heterocycles. The molecule has 3 heteroatoms. The maximum Gasteiger partial charge on any atom is 0.168 e. The van der Waals surface area contributed by atoms with E-state index < -0.39 is 0 Å².